The molecule has 5 nitrogen and oxygen atoms in total. The number of aromatic nitrogens is 5. The summed E-state index contributed by atoms with van der Waals surface area (Å²) in [6, 6.07) is 10.1. The Bertz CT molecular complexity index is 1180. The van der Waals surface area contributed by atoms with Crippen LogP contribution >= 0.6 is 11.3 Å². The molecule has 0 aliphatic rings. The molecule has 0 saturated carbocycles. The molecule has 0 amide bonds. The first-order valence-corrected chi connectivity index (χ1v) is 7.91. The first-order chi connectivity index (χ1) is 11.4. The molecular formula is C17H9N5S. The highest BCUT2D eigenvalue weighted by atomic mass is 32.1. The van der Waals surface area contributed by atoms with Gasteiger partial charge in [0.05, 0.1) is 22.1 Å². The molecule has 0 saturated heterocycles. The third-order valence-corrected chi connectivity index (χ3v) is 4.77. The summed E-state index contributed by atoms with van der Waals surface area (Å²) in [5.74, 6) is 0. The van der Waals surface area contributed by atoms with Gasteiger partial charge in [0.25, 0.3) is 0 Å². The number of fused-ring (bicyclic) bond motifs is 4. The van der Waals surface area contributed by atoms with Crippen LogP contribution in [0.1, 0.15) is 0 Å². The van der Waals surface area contributed by atoms with Gasteiger partial charge in [-0.1, -0.05) is 24.3 Å². The minimum atomic E-state index is 0.806. The standard InChI is InChI=1S/C17H9N5S/c1-3-10-4-2-6-19-14(10)11(5-1)12-7-20-17-16(22-12)15-13(23-17)8-18-9-21-15/h1-9H. The number of benzene rings is 1. The summed E-state index contributed by atoms with van der Waals surface area (Å²) < 4.78 is 0.996. The lowest BCUT2D eigenvalue weighted by Crippen LogP contribution is -1.89. The van der Waals surface area contributed by atoms with E-state index in [0.29, 0.717) is 0 Å². The van der Waals surface area contributed by atoms with Crippen LogP contribution in [-0.2, 0) is 0 Å². The molecule has 0 radical (unpaired) electrons. The molecule has 0 aliphatic carbocycles. The monoisotopic (exact) mass is 315 g/mol. The maximum absolute atomic E-state index is 4.80. The number of pyridine rings is 1. The van der Waals surface area contributed by atoms with Crippen LogP contribution in [0.2, 0.25) is 0 Å². The van der Waals surface area contributed by atoms with E-state index in [1.54, 1.807) is 36.3 Å². The van der Waals surface area contributed by atoms with Crippen molar-refractivity contribution in [1.82, 2.24) is 24.9 Å². The average Bonchev–Trinajstić information content (AvgIpc) is 2.99. The SMILES string of the molecule is c1cnc2c(-c3cnc4sc5cncnc5c4n3)cccc2c1. The van der Waals surface area contributed by atoms with Crippen molar-refractivity contribution in [2.45, 2.75) is 0 Å². The normalized spacial score (nSPS) is 11.5. The molecule has 108 valence electrons. The van der Waals surface area contributed by atoms with Crippen molar-refractivity contribution in [2.75, 3.05) is 0 Å². The summed E-state index contributed by atoms with van der Waals surface area (Å²) in [5, 5.41) is 1.09. The van der Waals surface area contributed by atoms with Crippen LogP contribution in [0.4, 0.5) is 0 Å². The molecule has 23 heavy (non-hydrogen) atoms. The summed E-state index contributed by atoms with van der Waals surface area (Å²) in [6.45, 7) is 0. The van der Waals surface area contributed by atoms with Gasteiger partial charge in [0.1, 0.15) is 22.2 Å². The highest BCUT2D eigenvalue weighted by molar-refractivity contribution is 7.25. The maximum Gasteiger partial charge on any atom is 0.144 e. The van der Waals surface area contributed by atoms with E-state index in [-0.39, 0.29) is 0 Å². The van der Waals surface area contributed by atoms with Crippen molar-refractivity contribution in [1.29, 1.82) is 0 Å². The smallest absolute Gasteiger partial charge is 0.144 e. The third-order valence-electron chi connectivity index (χ3n) is 3.76. The molecule has 0 N–H and O–H groups in total. The largest absolute Gasteiger partial charge is 0.256 e. The first-order valence-electron chi connectivity index (χ1n) is 7.09. The molecule has 0 spiro atoms. The maximum atomic E-state index is 4.80. The zero-order valence-electron chi connectivity index (χ0n) is 11.8. The van der Waals surface area contributed by atoms with Crippen molar-refractivity contribution < 1.29 is 0 Å². The molecule has 0 fully saturated rings. The lowest BCUT2D eigenvalue weighted by molar-refractivity contribution is 1.23. The first kappa shape index (κ1) is 12.5. The van der Waals surface area contributed by atoms with E-state index in [4.69, 9.17) is 4.98 Å². The average molecular weight is 315 g/mol. The van der Waals surface area contributed by atoms with Gasteiger partial charge in [-0.3, -0.25) is 4.98 Å². The highest BCUT2D eigenvalue weighted by Gasteiger charge is 2.12. The fraction of sp³-hybridized carbons (Fsp3) is 0. The van der Waals surface area contributed by atoms with Crippen LogP contribution in [0.3, 0.4) is 0 Å². The minimum absolute atomic E-state index is 0.806. The van der Waals surface area contributed by atoms with Crippen molar-refractivity contribution in [3.8, 4) is 11.3 Å². The fourth-order valence-corrected chi connectivity index (χ4v) is 3.63. The van der Waals surface area contributed by atoms with Crippen molar-refractivity contribution in [3.05, 3.63) is 55.2 Å². The van der Waals surface area contributed by atoms with Gasteiger partial charge in [-0.25, -0.2) is 19.9 Å². The molecule has 0 unspecified atom stereocenters. The number of thiophene rings is 1. The van der Waals surface area contributed by atoms with E-state index < -0.39 is 0 Å². The van der Waals surface area contributed by atoms with Gasteiger partial charge in [-0.2, -0.15) is 0 Å². The molecular weight excluding hydrogens is 306 g/mol. The number of nitrogens with zero attached hydrogens (tertiary/aromatic N) is 5. The van der Waals surface area contributed by atoms with Crippen molar-refractivity contribution >= 4 is 42.8 Å². The number of para-hydroxylation sites is 1. The molecule has 1 aromatic carbocycles. The van der Waals surface area contributed by atoms with Gasteiger partial charge < -0.3 is 0 Å². The second kappa shape index (κ2) is 4.76. The van der Waals surface area contributed by atoms with Crippen molar-refractivity contribution in [3.63, 3.8) is 0 Å². The highest BCUT2D eigenvalue weighted by Crippen LogP contribution is 2.32. The molecule has 0 bridgehead atoms. The minimum Gasteiger partial charge on any atom is -0.256 e. The van der Waals surface area contributed by atoms with Crippen LogP contribution in [0.25, 0.3) is 42.7 Å². The summed E-state index contributed by atoms with van der Waals surface area (Å²) in [5.41, 5.74) is 4.38. The predicted octanol–water partition coefficient (Wildman–Crippen LogP) is 3.85. The van der Waals surface area contributed by atoms with Crippen LogP contribution in [0.15, 0.2) is 55.2 Å². The number of hydrogen-bond acceptors (Lipinski definition) is 6. The summed E-state index contributed by atoms with van der Waals surface area (Å²) in [4.78, 5) is 23.1. The van der Waals surface area contributed by atoms with E-state index in [1.807, 2.05) is 30.3 Å². The third kappa shape index (κ3) is 1.89. The van der Waals surface area contributed by atoms with E-state index in [0.717, 1.165) is 42.7 Å². The second-order valence-electron chi connectivity index (χ2n) is 5.13. The van der Waals surface area contributed by atoms with E-state index in [1.165, 1.54) is 0 Å². The van der Waals surface area contributed by atoms with Gasteiger partial charge in [-0.15, -0.1) is 11.3 Å². The Kier molecular flexibility index (Phi) is 2.59. The lowest BCUT2D eigenvalue weighted by atomic mass is 10.1. The quantitative estimate of drug-likeness (QED) is 0.470. The van der Waals surface area contributed by atoms with Crippen LogP contribution < -0.4 is 0 Å². The van der Waals surface area contributed by atoms with Crippen LogP contribution in [0.5, 0.6) is 0 Å². The molecule has 6 heteroatoms. The van der Waals surface area contributed by atoms with Crippen LogP contribution in [-0.4, -0.2) is 24.9 Å². The molecule has 4 heterocycles. The Balaban J connectivity index is 1.84. The molecule has 5 aromatic rings. The summed E-state index contributed by atoms with van der Waals surface area (Å²) in [6.07, 6.45) is 6.94. The lowest BCUT2D eigenvalue weighted by Gasteiger charge is -2.04. The Morgan fingerprint density at radius 1 is 0.826 bits per heavy atom. The zero-order chi connectivity index (χ0) is 15.2. The van der Waals surface area contributed by atoms with E-state index >= 15 is 0 Å². The van der Waals surface area contributed by atoms with Crippen LogP contribution in [0, 0.1) is 0 Å². The van der Waals surface area contributed by atoms with Gasteiger partial charge in [0.15, 0.2) is 0 Å². The molecule has 5 rings (SSSR count). The second-order valence-corrected chi connectivity index (χ2v) is 6.16. The van der Waals surface area contributed by atoms with Gasteiger partial charge in [0, 0.05) is 23.3 Å². The Morgan fingerprint density at radius 3 is 2.78 bits per heavy atom. The van der Waals surface area contributed by atoms with Crippen molar-refractivity contribution in [2.24, 2.45) is 0 Å². The summed E-state index contributed by atoms with van der Waals surface area (Å²) in [7, 11) is 0. The number of rotatable bonds is 1. The molecule has 0 aliphatic heterocycles. The Morgan fingerprint density at radius 2 is 1.78 bits per heavy atom. The van der Waals surface area contributed by atoms with Gasteiger partial charge in [0.2, 0.25) is 0 Å². The predicted molar refractivity (Wildman–Crippen MR) is 91.2 cm³/mol. The topological polar surface area (TPSA) is 64.5 Å². The summed E-state index contributed by atoms with van der Waals surface area (Å²) >= 11 is 1.55. The van der Waals surface area contributed by atoms with Gasteiger partial charge >= 0.3 is 0 Å². The molecule has 0 atom stereocenters. The zero-order valence-corrected chi connectivity index (χ0v) is 12.7. The van der Waals surface area contributed by atoms with Gasteiger partial charge in [-0.05, 0) is 6.07 Å². The number of hydrogen-bond donors (Lipinski definition) is 0. The fourth-order valence-electron chi connectivity index (χ4n) is 2.72. The van der Waals surface area contributed by atoms with E-state index in [9.17, 15) is 0 Å². The molecule has 4 aromatic heterocycles. The Labute approximate surface area is 134 Å². The van der Waals surface area contributed by atoms with E-state index in [2.05, 4.69) is 19.9 Å². The Hall–Kier alpha value is -2.99.